The second-order valence-electron chi connectivity index (χ2n) is 6.41. The summed E-state index contributed by atoms with van der Waals surface area (Å²) >= 11 is 1.20. The average molecular weight is 374 g/mol. The maximum absolute atomic E-state index is 12.3. The van der Waals surface area contributed by atoms with Gasteiger partial charge in [-0.2, -0.15) is 4.68 Å². The molecule has 2 aromatic rings. The van der Waals surface area contributed by atoms with Crippen LogP contribution >= 0.6 is 11.8 Å². The van der Waals surface area contributed by atoms with Crippen LogP contribution in [0, 0.1) is 6.92 Å². The normalized spacial score (nSPS) is 15.6. The number of tetrazole rings is 1. The first kappa shape index (κ1) is 18.4. The summed E-state index contributed by atoms with van der Waals surface area (Å²) in [6.45, 7) is 3.72. The highest BCUT2D eigenvalue weighted by Gasteiger charge is 2.23. The van der Waals surface area contributed by atoms with Crippen molar-refractivity contribution in [3.63, 3.8) is 0 Å². The Balaban J connectivity index is 1.58. The number of carbonyl (C=O) groups is 2. The quantitative estimate of drug-likeness (QED) is 0.778. The number of amides is 3. The lowest BCUT2D eigenvalue weighted by Crippen LogP contribution is -2.45. The van der Waals surface area contributed by atoms with Gasteiger partial charge in [0.1, 0.15) is 0 Å². The van der Waals surface area contributed by atoms with E-state index in [2.05, 4.69) is 26.2 Å². The van der Waals surface area contributed by atoms with Gasteiger partial charge in [-0.25, -0.2) is 4.79 Å². The van der Waals surface area contributed by atoms with Gasteiger partial charge in [-0.1, -0.05) is 42.3 Å². The molecule has 0 unspecified atom stereocenters. The zero-order valence-corrected chi connectivity index (χ0v) is 15.6. The first-order valence-corrected chi connectivity index (χ1v) is 9.54. The summed E-state index contributed by atoms with van der Waals surface area (Å²) in [5, 5.41) is 16.9. The van der Waals surface area contributed by atoms with Gasteiger partial charge in [0.15, 0.2) is 0 Å². The molecule has 26 heavy (non-hydrogen) atoms. The summed E-state index contributed by atoms with van der Waals surface area (Å²) in [7, 11) is 0. The number of imide groups is 1. The molecule has 1 aromatic carbocycles. The fourth-order valence-electron chi connectivity index (χ4n) is 2.82. The molecule has 8 nitrogen and oxygen atoms in total. The SMILES string of the molecule is Cc1ccc(-n2nnnc2S[C@@H](C)C(=O)NC(=O)NC2CCCC2)cc1. The van der Waals surface area contributed by atoms with Crippen LogP contribution in [0.25, 0.3) is 5.69 Å². The van der Waals surface area contributed by atoms with E-state index in [1.54, 1.807) is 11.6 Å². The molecular formula is C17H22N6O2S. The topological polar surface area (TPSA) is 102 Å². The maximum Gasteiger partial charge on any atom is 0.321 e. The van der Waals surface area contributed by atoms with Gasteiger partial charge in [-0.05, 0) is 49.2 Å². The van der Waals surface area contributed by atoms with Crippen molar-refractivity contribution in [2.75, 3.05) is 0 Å². The lowest BCUT2D eigenvalue weighted by atomic mass is 10.2. The molecule has 1 aliphatic rings. The third kappa shape index (κ3) is 4.60. The number of carbonyl (C=O) groups excluding carboxylic acids is 2. The van der Waals surface area contributed by atoms with Gasteiger partial charge in [0.05, 0.1) is 10.9 Å². The summed E-state index contributed by atoms with van der Waals surface area (Å²) < 4.78 is 1.58. The first-order valence-electron chi connectivity index (χ1n) is 8.66. The first-order chi connectivity index (χ1) is 12.5. The van der Waals surface area contributed by atoms with Crippen LogP contribution in [0.5, 0.6) is 0 Å². The number of thioether (sulfide) groups is 1. The molecule has 2 N–H and O–H groups in total. The Labute approximate surface area is 156 Å². The highest BCUT2D eigenvalue weighted by Crippen LogP contribution is 2.23. The van der Waals surface area contributed by atoms with Crippen LogP contribution in [0.4, 0.5) is 4.79 Å². The van der Waals surface area contributed by atoms with Gasteiger partial charge >= 0.3 is 6.03 Å². The Bertz CT molecular complexity index is 770. The number of urea groups is 1. The van der Waals surface area contributed by atoms with Crippen molar-refractivity contribution in [1.82, 2.24) is 30.8 Å². The molecule has 0 saturated heterocycles. The molecule has 3 amide bonds. The number of rotatable bonds is 5. The minimum absolute atomic E-state index is 0.166. The fraction of sp³-hybridized carbons (Fsp3) is 0.471. The number of aryl methyl sites for hydroxylation is 1. The fourth-order valence-corrected chi connectivity index (χ4v) is 3.62. The van der Waals surface area contributed by atoms with E-state index in [0.29, 0.717) is 5.16 Å². The molecular weight excluding hydrogens is 352 g/mol. The number of aromatic nitrogens is 4. The van der Waals surface area contributed by atoms with Crippen LogP contribution in [-0.2, 0) is 4.79 Å². The maximum atomic E-state index is 12.3. The zero-order chi connectivity index (χ0) is 18.5. The van der Waals surface area contributed by atoms with Crippen molar-refractivity contribution in [1.29, 1.82) is 0 Å². The molecule has 0 bridgehead atoms. The lowest BCUT2D eigenvalue weighted by molar-refractivity contribution is -0.119. The zero-order valence-electron chi connectivity index (χ0n) is 14.8. The predicted octanol–water partition coefficient (Wildman–Crippen LogP) is 2.22. The van der Waals surface area contributed by atoms with Gasteiger partial charge < -0.3 is 5.32 Å². The molecule has 1 saturated carbocycles. The predicted molar refractivity (Wildman–Crippen MR) is 98.1 cm³/mol. The van der Waals surface area contributed by atoms with Crippen LogP contribution in [-0.4, -0.2) is 43.4 Å². The molecule has 9 heteroatoms. The van der Waals surface area contributed by atoms with E-state index in [-0.39, 0.29) is 11.9 Å². The van der Waals surface area contributed by atoms with Gasteiger partial charge in [0.2, 0.25) is 11.1 Å². The molecule has 0 aliphatic heterocycles. The smallest absolute Gasteiger partial charge is 0.321 e. The Kier molecular flexibility index (Phi) is 5.87. The summed E-state index contributed by atoms with van der Waals surface area (Å²) in [5.74, 6) is -0.371. The minimum Gasteiger partial charge on any atom is -0.335 e. The number of hydrogen-bond donors (Lipinski definition) is 2. The molecule has 1 fully saturated rings. The number of nitrogens with one attached hydrogen (secondary N) is 2. The van der Waals surface area contributed by atoms with Gasteiger partial charge in [-0.3, -0.25) is 10.1 Å². The van der Waals surface area contributed by atoms with Crippen LogP contribution in [0.1, 0.15) is 38.2 Å². The number of nitrogens with zero attached hydrogens (tertiary/aromatic N) is 4. The summed E-state index contributed by atoms with van der Waals surface area (Å²) in [6, 6.07) is 7.49. The van der Waals surface area contributed by atoms with Crippen molar-refractivity contribution in [2.45, 2.75) is 56.0 Å². The Morgan fingerprint density at radius 2 is 1.92 bits per heavy atom. The van der Waals surface area contributed by atoms with E-state index in [0.717, 1.165) is 36.9 Å². The van der Waals surface area contributed by atoms with Gasteiger partial charge in [0.25, 0.3) is 0 Å². The van der Waals surface area contributed by atoms with Crippen molar-refractivity contribution in [2.24, 2.45) is 0 Å². The van der Waals surface area contributed by atoms with E-state index < -0.39 is 11.3 Å². The van der Waals surface area contributed by atoms with E-state index in [1.807, 2.05) is 31.2 Å². The van der Waals surface area contributed by atoms with Crippen LogP contribution < -0.4 is 10.6 Å². The standard InChI is InChI=1S/C17H22N6O2S/c1-11-7-9-14(10-8-11)23-17(20-21-22-23)26-12(2)15(24)19-16(25)18-13-5-3-4-6-13/h7-10,12-13H,3-6H2,1-2H3,(H2,18,19,24,25)/t12-/m0/s1. The average Bonchev–Trinajstić information content (AvgIpc) is 3.27. The Hall–Kier alpha value is -2.42. The molecule has 1 aromatic heterocycles. The Morgan fingerprint density at radius 1 is 1.23 bits per heavy atom. The molecule has 0 spiro atoms. The Morgan fingerprint density at radius 3 is 2.62 bits per heavy atom. The van der Waals surface area contributed by atoms with Crippen LogP contribution in [0.2, 0.25) is 0 Å². The van der Waals surface area contributed by atoms with E-state index in [1.165, 1.54) is 11.8 Å². The minimum atomic E-state index is -0.514. The van der Waals surface area contributed by atoms with E-state index in [4.69, 9.17) is 0 Å². The monoisotopic (exact) mass is 374 g/mol. The molecule has 1 heterocycles. The molecule has 138 valence electrons. The molecule has 0 radical (unpaired) electrons. The third-order valence-corrected chi connectivity index (χ3v) is 5.33. The van der Waals surface area contributed by atoms with Crippen LogP contribution in [0.15, 0.2) is 29.4 Å². The van der Waals surface area contributed by atoms with Crippen molar-refractivity contribution in [3.05, 3.63) is 29.8 Å². The van der Waals surface area contributed by atoms with Crippen molar-refractivity contribution < 1.29 is 9.59 Å². The second-order valence-corrected chi connectivity index (χ2v) is 7.72. The van der Waals surface area contributed by atoms with Gasteiger partial charge in [-0.15, -0.1) is 5.10 Å². The summed E-state index contributed by atoms with van der Waals surface area (Å²) in [5.41, 5.74) is 1.95. The van der Waals surface area contributed by atoms with Crippen molar-refractivity contribution >= 4 is 23.7 Å². The summed E-state index contributed by atoms with van der Waals surface area (Å²) in [6.07, 6.45) is 4.17. The molecule has 1 atom stereocenters. The molecule has 3 rings (SSSR count). The number of hydrogen-bond acceptors (Lipinski definition) is 6. The van der Waals surface area contributed by atoms with Crippen LogP contribution in [0.3, 0.4) is 0 Å². The van der Waals surface area contributed by atoms with E-state index in [9.17, 15) is 9.59 Å². The summed E-state index contributed by atoms with van der Waals surface area (Å²) in [4.78, 5) is 24.2. The number of benzene rings is 1. The lowest BCUT2D eigenvalue weighted by Gasteiger charge is -2.14. The van der Waals surface area contributed by atoms with Crippen molar-refractivity contribution in [3.8, 4) is 5.69 Å². The highest BCUT2D eigenvalue weighted by molar-refractivity contribution is 8.00. The largest absolute Gasteiger partial charge is 0.335 e. The second kappa shape index (κ2) is 8.31. The highest BCUT2D eigenvalue weighted by atomic mass is 32.2. The van der Waals surface area contributed by atoms with E-state index >= 15 is 0 Å². The third-order valence-electron chi connectivity index (χ3n) is 4.30. The molecule has 1 aliphatic carbocycles. The van der Waals surface area contributed by atoms with Gasteiger partial charge in [0, 0.05) is 6.04 Å².